The summed E-state index contributed by atoms with van der Waals surface area (Å²) in [5, 5.41) is 11.1. The Balaban J connectivity index is 1.15. The number of amides is 1. The summed E-state index contributed by atoms with van der Waals surface area (Å²) in [5.41, 5.74) is 3.48. The number of benzene rings is 2. The number of rotatable bonds is 9. The van der Waals surface area contributed by atoms with E-state index in [0.717, 1.165) is 56.0 Å². The Bertz CT molecular complexity index is 1250. The van der Waals surface area contributed by atoms with Crippen LogP contribution in [-0.4, -0.2) is 19.2 Å². The predicted molar refractivity (Wildman–Crippen MR) is 145 cm³/mol. The van der Waals surface area contributed by atoms with Gasteiger partial charge in [-0.25, -0.2) is 4.79 Å². The van der Waals surface area contributed by atoms with E-state index in [1.165, 1.54) is 27.1 Å². The monoisotopic (exact) mass is 470 g/mol. The van der Waals surface area contributed by atoms with Gasteiger partial charge in [0.25, 0.3) is 0 Å². The molecule has 4 heteroatoms. The molecular weight excluding hydrogens is 432 g/mol. The molecule has 0 radical (unpaired) electrons. The average Bonchev–Trinajstić information content (AvgIpc) is 3.49. The molecule has 1 unspecified atom stereocenters. The number of allylic oxidation sites excluding steroid dienone is 1. The Morgan fingerprint density at radius 3 is 2.57 bits per heavy atom. The Morgan fingerprint density at radius 2 is 1.86 bits per heavy atom. The van der Waals surface area contributed by atoms with Crippen LogP contribution >= 0.6 is 0 Å². The van der Waals surface area contributed by atoms with Crippen molar-refractivity contribution in [3.05, 3.63) is 58.1 Å². The molecule has 2 N–H and O–H groups in total. The summed E-state index contributed by atoms with van der Waals surface area (Å²) in [6, 6.07) is 8.63. The number of hydrogen-bond acceptors (Lipinski definition) is 3. The molecule has 2 aliphatic rings. The van der Waals surface area contributed by atoms with Crippen molar-refractivity contribution in [2.45, 2.75) is 58.9 Å². The molecule has 4 rings (SSSR count). The van der Waals surface area contributed by atoms with Crippen LogP contribution in [0.15, 0.2) is 36.5 Å². The van der Waals surface area contributed by atoms with Gasteiger partial charge in [-0.05, 0) is 89.6 Å². The zero-order chi connectivity index (χ0) is 24.8. The molecule has 0 aliphatic heterocycles. The van der Waals surface area contributed by atoms with Crippen molar-refractivity contribution in [3.63, 3.8) is 0 Å². The number of aryl methyl sites for hydroxylation is 1. The molecule has 2 aliphatic carbocycles. The molecule has 2 aromatic rings. The summed E-state index contributed by atoms with van der Waals surface area (Å²) in [5.74, 6) is 8.37. The third-order valence-electron chi connectivity index (χ3n) is 7.71. The van der Waals surface area contributed by atoms with Crippen molar-refractivity contribution in [2.75, 3.05) is 13.2 Å². The van der Waals surface area contributed by atoms with Crippen LogP contribution in [-0.2, 0) is 11.3 Å². The largest absolute Gasteiger partial charge is 0.449 e. The maximum Gasteiger partial charge on any atom is 0.407 e. The summed E-state index contributed by atoms with van der Waals surface area (Å²) in [6.07, 6.45) is 7.69. The summed E-state index contributed by atoms with van der Waals surface area (Å²) >= 11 is 0. The molecule has 0 bridgehead atoms. The molecule has 35 heavy (non-hydrogen) atoms. The van der Waals surface area contributed by atoms with E-state index in [9.17, 15) is 4.79 Å². The van der Waals surface area contributed by atoms with Crippen LogP contribution in [0, 0.1) is 36.5 Å². The lowest BCUT2D eigenvalue weighted by atomic mass is 9.97. The van der Waals surface area contributed by atoms with Crippen LogP contribution in [0.1, 0.15) is 56.6 Å². The maximum atomic E-state index is 12.1. The van der Waals surface area contributed by atoms with Gasteiger partial charge in [-0.2, -0.15) is 0 Å². The molecule has 0 spiro atoms. The van der Waals surface area contributed by atoms with Crippen molar-refractivity contribution < 1.29 is 9.53 Å². The molecule has 0 aromatic heterocycles. The van der Waals surface area contributed by atoms with Gasteiger partial charge in [0.15, 0.2) is 0 Å². The van der Waals surface area contributed by atoms with Gasteiger partial charge in [-0.1, -0.05) is 43.5 Å². The van der Waals surface area contributed by atoms with Crippen LogP contribution < -0.4 is 21.1 Å². The highest BCUT2D eigenvalue weighted by molar-refractivity contribution is 5.87. The van der Waals surface area contributed by atoms with Gasteiger partial charge in [-0.15, -0.1) is 11.8 Å². The van der Waals surface area contributed by atoms with Gasteiger partial charge < -0.3 is 15.4 Å². The molecule has 0 saturated heterocycles. The quantitative estimate of drug-likeness (QED) is 0.405. The van der Waals surface area contributed by atoms with Crippen molar-refractivity contribution in [1.82, 2.24) is 10.6 Å². The predicted octanol–water partition coefficient (Wildman–Crippen LogP) is 4.91. The second-order valence-electron chi connectivity index (χ2n) is 9.88. The second-order valence-corrected chi connectivity index (χ2v) is 9.88. The first-order valence-electron chi connectivity index (χ1n) is 12.9. The van der Waals surface area contributed by atoms with E-state index in [4.69, 9.17) is 4.74 Å². The number of carbonyl (C=O) groups excluding carboxylic acids is 1. The van der Waals surface area contributed by atoms with E-state index in [2.05, 4.69) is 72.9 Å². The van der Waals surface area contributed by atoms with Crippen LogP contribution in [0.2, 0.25) is 0 Å². The number of ether oxygens (including phenoxy) is 1. The molecule has 1 fully saturated rings. The zero-order valence-electron chi connectivity index (χ0n) is 21.2. The Morgan fingerprint density at radius 1 is 1.14 bits per heavy atom. The highest BCUT2D eigenvalue weighted by Gasteiger charge is 2.49. The third-order valence-corrected chi connectivity index (χ3v) is 7.71. The lowest BCUT2D eigenvalue weighted by Crippen LogP contribution is -2.26. The summed E-state index contributed by atoms with van der Waals surface area (Å²) in [6.45, 7) is 14.5. The van der Waals surface area contributed by atoms with Gasteiger partial charge in [-0.3, -0.25) is 0 Å². The molecule has 3 atom stereocenters. The normalized spacial score (nSPS) is 21.2. The lowest BCUT2D eigenvalue weighted by Gasteiger charge is -2.14. The number of carbonyl (C=O) groups is 1. The first-order chi connectivity index (χ1) is 17.0. The first-order valence-corrected chi connectivity index (χ1v) is 12.9. The summed E-state index contributed by atoms with van der Waals surface area (Å²) in [4.78, 5) is 12.1. The minimum absolute atomic E-state index is 0.307. The molecule has 4 nitrogen and oxygen atoms in total. The minimum Gasteiger partial charge on any atom is -0.449 e. The fourth-order valence-electron chi connectivity index (χ4n) is 5.51. The Hall–Kier alpha value is -3.19. The minimum atomic E-state index is -0.307. The van der Waals surface area contributed by atoms with Gasteiger partial charge in [0.1, 0.15) is 0 Å². The van der Waals surface area contributed by atoms with Crippen molar-refractivity contribution in [2.24, 2.45) is 17.8 Å². The highest BCUT2D eigenvalue weighted by Crippen LogP contribution is 2.52. The maximum absolute atomic E-state index is 12.1. The van der Waals surface area contributed by atoms with Crippen LogP contribution in [0.3, 0.4) is 0 Å². The fourth-order valence-corrected chi connectivity index (χ4v) is 5.51. The molecule has 1 saturated carbocycles. The second kappa shape index (κ2) is 11.5. The van der Waals surface area contributed by atoms with Gasteiger partial charge >= 0.3 is 6.09 Å². The van der Waals surface area contributed by atoms with Crippen molar-refractivity contribution in [1.29, 1.82) is 0 Å². The Kier molecular flexibility index (Phi) is 8.18. The molecular formula is C31H38N2O2. The van der Waals surface area contributed by atoms with E-state index >= 15 is 0 Å². The van der Waals surface area contributed by atoms with E-state index in [-0.39, 0.29) is 6.09 Å². The van der Waals surface area contributed by atoms with E-state index in [1.807, 2.05) is 6.92 Å². The molecule has 0 heterocycles. The van der Waals surface area contributed by atoms with E-state index < -0.39 is 0 Å². The number of alkyl carbamates (subject to hydrolysis) is 1. The highest BCUT2D eigenvalue weighted by atomic mass is 16.5. The topological polar surface area (TPSA) is 50.4 Å². The SMILES string of the molecule is C=C(CCCNC(=O)OCC1[C@H]2CCC#CCC[C@@H]12)NCc1ccc2cc/c(=C/C)c(=C)c2c1C. The van der Waals surface area contributed by atoms with Gasteiger partial charge in [0, 0.05) is 31.6 Å². The van der Waals surface area contributed by atoms with Crippen molar-refractivity contribution >= 4 is 29.5 Å². The van der Waals surface area contributed by atoms with Crippen LogP contribution in [0.25, 0.3) is 23.4 Å². The average molecular weight is 471 g/mol. The first kappa shape index (κ1) is 24.9. The van der Waals surface area contributed by atoms with Gasteiger partial charge in [0.2, 0.25) is 0 Å². The number of hydrogen-bond donors (Lipinski definition) is 2. The summed E-state index contributed by atoms with van der Waals surface area (Å²) < 4.78 is 5.49. The molecule has 1 amide bonds. The third kappa shape index (κ3) is 6.09. The fraction of sp³-hybridized carbons (Fsp3) is 0.452. The Labute approximate surface area is 209 Å². The van der Waals surface area contributed by atoms with Crippen molar-refractivity contribution in [3.8, 4) is 11.8 Å². The molecule has 184 valence electrons. The van der Waals surface area contributed by atoms with E-state index in [1.54, 1.807) is 0 Å². The zero-order valence-corrected chi connectivity index (χ0v) is 21.2. The van der Waals surface area contributed by atoms with Crippen LogP contribution in [0.5, 0.6) is 0 Å². The smallest absolute Gasteiger partial charge is 0.407 e. The molecule has 2 aromatic carbocycles. The standard InChI is InChI=1S/C31H38N2O2/c1-5-24-14-15-25-16-17-26(23(4)30(25)22(24)3)19-33-21(2)11-10-18-32-31(34)35-20-29-27-12-8-6-7-9-13-28(27)29/h5,14-17,27-29,33H,2-3,8-13,18-20H2,1,4H3,(H,32,34)/b24-5-/t27-,28+,29?. The lowest BCUT2D eigenvalue weighted by molar-refractivity contribution is 0.137. The van der Waals surface area contributed by atoms with E-state index in [0.29, 0.717) is 30.9 Å². The number of nitrogens with one attached hydrogen (secondary N) is 2. The van der Waals surface area contributed by atoms with Crippen LogP contribution in [0.4, 0.5) is 4.79 Å². The number of fused-ring (bicyclic) bond motifs is 2. The summed E-state index contributed by atoms with van der Waals surface area (Å²) in [7, 11) is 0. The van der Waals surface area contributed by atoms with Gasteiger partial charge in [0.05, 0.1) is 6.61 Å².